The van der Waals surface area contributed by atoms with Crippen molar-refractivity contribution >= 4 is 13.8 Å². The predicted molar refractivity (Wildman–Crippen MR) is 212 cm³/mol. The topological polar surface area (TPSA) is 192 Å². The van der Waals surface area contributed by atoms with Gasteiger partial charge in [0.2, 0.25) is 0 Å². The minimum atomic E-state index is -5.01. The fourth-order valence-electron chi connectivity index (χ4n) is 6.35. The molecule has 6 N–H and O–H groups in total. The first-order valence-corrected chi connectivity index (χ1v) is 22.7. The molecule has 0 aromatic carbocycles. The van der Waals surface area contributed by atoms with Crippen LogP contribution in [0.15, 0.2) is 24.3 Å². The van der Waals surface area contributed by atoms with Crippen molar-refractivity contribution in [1.29, 1.82) is 0 Å². The summed E-state index contributed by atoms with van der Waals surface area (Å²) in [5, 5.41) is 50.0. The maximum atomic E-state index is 12.8. The van der Waals surface area contributed by atoms with Crippen LogP contribution in [0, 0.1) is 0 Å². The molecule has 0 amide bonds. The van der Waals surface area contributed by atoms with Gasteiger partial charge in [-0.05, 0) is 57.8 Å². The van der Waals surface area contributed by atoms with E-state index in [0.717, 1.165) is 77.0 Å². The van der Waals surface area contributed by atoms with E-state index in [0.29, 0.717) is 13.0 Å². The molecule has 54 heavy (non-hydrogen) atoms. The van der Waals surface area contributed by atoms with Crippen molar-refractivity contribution in [3.8, 4) is 0 Å². The summed E-state index contributed by atoms with van der Waals surface area (Å²) >= 11 is 0. The predicted octanol–water partition coefficient (Wildman–Crippen LogP) is 7.75. The lowest BCUT2D eigenvalue weighted by atomic mass is 9.85. The number of hydrogen-bond donors (Lipinski definition) is 6. The highest BCUT2D eigenvalue weighted by molar-refractivity contribution is 7.47. The van der Waals surface area contributed by atoms with Gasteiger partial charge in [0.05, 0.1) is 13.2 Å². The molecule has 1 rings (SSSR count). The number of ether oxygens (including phenoxy) is 2. The summed E-state index contributed by atoms with van der Waals surface area (Å²) in [6.07, 6.45) is 22.6. The maximum Gasteiger partial charge on any atom is 0.472 e. The van der Waals surface area contributed by atoms with E-state index >= 15 is 0 Å². The Morgan fingerprint density at radius 3 is 1.54 bits per heavy atom. The SMILES string of the molecule is CCC/C=C\CCCCCCCCOCC(COP(=O)(O)OC1C(O)C(O)C(O)C(O)C1O)OC(=O)CCCCCCC/C=C\CCCCCCCCC. The summed E-state index contributed by atoms with van der Waals surface area (Å²) in [6.45, 7) is 4.16. The average molecular weight is 793 g/mol. The minimum absolute atomic E-state index is 0.0827. The Bertz CT molecular complexity index is 995. The molecule has 1 fully saturated rings. The van der Waals surface area contributed by atoms with Gasteiger partial charge >= 0.3 is 13.8 Å². The highest BCUT2D eigenvalue weighted by atomic mass is 31.2. The van der Waals surface area contributed by atoms with Crippen LogP contribution in [0.2, 0.25) is 0 Å². The molecule has 0 radical (unpaired) electrons. The zero-order valence-electron chi connectivity index (χ0n) is 33.5. The molecule has 0 saturated heterocycles. The third-order valence-electron chi connectivity index (χ3n) is 9.78. The quantitative estimate of drug-likeness (QED) is 0.0159. The molecule has 0 aromatic heterocycles. The Morgan fingerprint density at radius 2 is 1.02 bits per heavy atom. The van der Waals surface area contributed by atoms with Crippen LogP contribution in [-0.4, -0.2) is 98.9 Å². The van der Waals surface area contributed by atoms with E-state index in [1.807, 2.05) is 0 Å². The molecule has 0 bridgehead atoms. The van der Waals surface area contributed by atoms with E-state index in [1.165, 1.54) is 64.2 Å². The van der Waals surface area contributed by atoms with E-state index < -0.39 is 63.1 Å². The number of esters is 1. The molecule has 1 aliphatic carbocycles. The zero-order valence-corrected chi connectivity index (χ0v) is 34.4. The van der Waals surface area contributed by atoms with E-state index in [9.17, 15) is 39.8 Å². The second kappa shape index (κ2) is 32.9. The third-order valence-corrected chi connectivity index (χ3v) is 10.8. The first-order valence-electron chi connectivity index (χ1n) is 21.2. The van der Waals surface area contributed by atoms with Crippen molar-refractivity contribution in [1.82, 2.24) is 0 Å². The van der Waals surface area contributed by atoms with Gasteiger partial charge in [0.25, 0.3) is 0 Å². The van der Waals surface area contributed by atoms with Gasteiger partial charge in [-0.3, -0.25) is 13.8 Å². The summed E-state index contributed by atoms with van der Waals surface area (Å²) in [7, 11) is -5.01. The Balaban J connectivity index is 2.44. The normalized spacial score (nSPS) is 23.6. The first kappa shape index (κ1) is 50.8. The Kier molecular flexibility index (Phi) is 30.9. The van der Waals surface area contributed by atoms with Crippen LogP contribution >= 0.6 is 7.82 Å². The largest absolute Gasteiger partial charge is 0.472 e. The maximum absolute atomic E-state index is 12.8. The average Bonchev–Trinajstić information content (AvgIpc) is 3.15. The van der Waals surface area contributed by atoms with E-state index in [1.54, 1.807) is 0 Å². The standard InChI is InChI=1S/C41H77O12P/c1-3-5-7-9-11-13-15-16-17-18-19-20-22-24-26-28-30-35(42)52-34(32-50-31-29-27-25-23-21-14-12-10-8-6-4-2)33-51-54(48,49)53-41-39(46)37(44)36(43)38(45)40(41)47/h8,10,17-18,34,36-41,43-47H,3-7,9,11-16,19-33H2,1-2H3,(H,48,49)/b10-8-,18-17-. The summed E-state index contributed by atoms with van der Waals surface area (Å²) in [5.74, 6) is -0.489. The molecule has 1 aliphatic rings. The second-order valence-corrected chi connectivity index (χ2v) is 16.2. The number of hydrogen-bond acceptors (Lipinski definition) is 11. The Hall–Kier alpha value is -1.18. The van der Waals surface area contributed by atoms with Crippen molar-refractivity contribution in [3.05, 3.63) is 24.3 Å². The minimum Gasteiger partial charge on any atom is -0.457 e. The number of allylic oxidation sites excluding steroid dienone is 4. The van der Waals surface area contributed by atoms with Crippen LogP contribution in [0.1, 0.15) is 168 Å². The lowest BCUT2D eigenvalue weighted by molar-refractivity contribution is -0.220. The van der Waals surface area contributed by atoms with E-state index in [4.69, 9.17) is 18.5 Å². The van der Waals surface area contributed by atoms with E-state index in [2.05, 4.69) is 38.2 Å². The monoisotopic (exact) mass is 793 g/mol. The number of carbonyl (C=O) groups is 1. The lowest BCUT2D eigenvalue weighted by Crippen LogP contribution is -2.64. The summed E-state index contributed by atoms with van der Waals surface area (Å²) in [4.78, 5) is 23.1. The number of unbranched alkanes of at least 4 members (excludes halogenated alkanes) is 19. The fraction of sp³-hybridized carbons (Fsp3) is 0.878. The molecular formula is C41H77O12P. The van der Waals surface area contributed by atoms with Gasteiger partial charge in [0.1, 0.15) is 42.7 Å². The highest BCUT2D eigenvalue weighted by Gasteiger charge is 2.51. The highest BCUT2D eigenvalue weighted by Crippen LogP contribution is 2.47. The van der Waals surface area contributed by atoms with E-state index in [-0.39, 0.29) is 13.0 Å². The number of phosphoric acid groups is 1. The molecule has 318 valence electrons. The van der Waals surface area contributed by atoms with Crippen molar-refractivity contribution in [2.45, 2.75) is 211 Å². The van der Waals surface area contributed by atoms with Crippen molar-refractivity contribution in [3.63, 3.8) is 0 Å². The van der Waals surface area contributed by atoms with Crippen molar-refractivity contribution < 1.29 is 58.3 Å². The number of carbonyl (C=O) groups excluding carboxylic acids is 1. The van der Waals surface area contributed by atoms with Crippen LogP contribution in [-0.2, 0) is 27.9 Å². The Labute approximate surface area is 326 Å². The molecule has 6 unspecified atom stereocenters. The van der Waals surface area contributed by atoms with Crippen molar-refractivity contribution in [2.24, 2.45) is 0 Å². The van der Waals surface area contributed by atoms with Gasteiger partial charge in [-0.25, -0.2) is 4.57 Å². The number of aliphatic hydroxyl groups excluding tert-OH is 5. The molecule has 0 spiro atoms. The van der Waals surface area contributed by atoms with Gasteiger partial charge in [0.15, 0.2) is 0 Å². The lowest BCUT2D eigenvalue weighted by Gasteiger charge is -2.41. The molecule has 1 saturated carbocycles. The third kappa shape index (κ3) is 25.1. The molecule has 13 heteroatoms. The van der Waals surface area contributed by atoms with Crippen molar-refractivity contribution in [2.75, 3.05) is 19.8 Å². The molecule has 12 nitrogen and oxygen atoms in total. The van der Waals surface area contributed by atoms with Gasteiger partial charge in [-0.2, -0.15) is 0 Å². The molecule has 6 atom stereocenters. The number of phosphoric ester groups is 1. The molecule has 0 heterocycles. The first-order chi connectivity index (χ1) is 26.0. The van der Waals surface area contributed by atoms with Crippen LogP contribution in [0.4, 0.5) is 0 Å². The molecular weight excluding hydrogens is 715 g/mol. The van der Waals surface area contributed by atoms with Crippen LogP contribution in [0.3, 0.4) is 0 Å². The molecule has 0 aromatic rings. The second-order valence-electron chi connectivity index (χ2n) is 14.8. The summed E-state index contributed by atoms with van der Waals surface area (Å²) in [5.41, 5.74) is 0. The smallest absolute Gasteiger partial charge is 0.457 e. The van der Waals surface area contributed by atoms with Gasteiger partial charge in [-0.15, -0.1) is 0 Å². The van der Waals surface area contributed by atoms with Gasteiger partial charge in [0, 0.05) is 13.0 Å². The summed E-state index contributed by atoms with van der Waals surface area (Å²) in [6, 6.07) is 0. The van der Waals surface area contributed by atoms with Gasteiger partial charge < -0.3 is 39.9 Å². The zero-order chi connectivity index (χ0) is 39.9. The Morgan fingerprint density at radius 1 is 0.574 bits per heavy atom. The van der Waals surface area contributed by atoms with Crippen LogP contribution in [0.5, 0.6) is 0 Å². The number of aliphatic hydroxyl groups is 5. The summed E-state index contributed by atoms with van der Waals surface area (Å²) < 4.78 is 34.0. The van der Waals surface area contributed by atoms with Crippen LogP contribution in [0.25, 0.3) is 0 Å². The van der Waals surface area contributed by atoms with Crippen LogP contribution < -0.4 is 0 Å². The number of rotatable bonds is 35. The molecule has 0 aliphatic heterocycles. The fourth-order valence-corrected chi connectivity index (χ4v) is 7.32. The van der Waals surface area contributed by atoms with Gasteiger partial charge in [-0.1, -0.05) is 128 Å².